The SMILES string of the molecule is NC(=S)CS(=O)(=O)NCCc1ncon1. The summed E-state index contributed by atoms with van der Waals surface area (Å²) in [6.07, 6.45) is 1.53. The van der Waals surface area contributed by atoms with Gasteiger partial charge in [-0.3, -0.25) is 0 Å². The molecular formula is C6H10N4O3S2. The van der Waals surface area contributed by atoms with Crippen LogP contribution in [0.1, 0.15) is 5.82 Å². The molecule has 0 amide bonds. The van der Waals surface area contributed by atoms with E-state index in [0.29, 0.717) is 12.2 Å². The van der Waals surface area contributed by atoms with Crippen LogP contribution in [0, 0.1) is 0 Å². The predicted octanol–water partition coefficient (Wildman–Crippen LogP) is -1.18. The Labute approximate surface area is 92.1 Å². The third kappa shape index (κ3) is 4.81. The van der Waals surface area contributed by atoms with Crippen molar-refractivity contribution in [2.45, 2.75) is 6.42 Å². The Balaban J connectivity index is 2.34. The van der Waals surface area contributed by atoms with E-state index in [4.69, 9.17) is 5.73 Å². The summed E-state index contributed by atoms with van der Waals surface area (Å²) in [5, 5.41) is 3.53. The summed E-state index contributed by atoms with van der Waals surface area (Å²) < 4.78 is 29.2. The van der Waals surface area contributed by atoms with E-state index in [-0.39, 0.29) is 17.3 Å². The topological polar surface area (TPSA) is 111 Å². The van der Waals surface area contributed by atoms with E-state index in [1.165, 1.54) is 6.39 Å². The van der Waals surface area contributed by atoms with Crippen LogP contribution >= 0.6 is 12.2 Å². The van der Waals surface area contributed by atoms with Crippen molar-refractivity contribution < 1.29 is 12.9 Å². The molecule has 0 aliphatic carbocycles. The third-order valence-electron chi connectivity index (χ3n) is 1.41. The summed E-state index contributed by atoms with van der Waals surface area (Å²) in [5.41, 5.74) is 5.12. The van der Waals surface area contributed by atoms with Gasteiger partial charge in [-0.2, -0.15) is 4.98 Å². The number of hydrogen-bond acceptors (Lipinski definition) is 6. The van der Waals surface area contributed by atoms with E-state index in [1.807, 2.05) is 0 Å². The Morgan fingerprint density at radius 1 is 1.67 bits per heavy atom. The Bertz CT molecular complexity index is 414. The number of aromatic nitrogens is 2. The van der Waals surface area contributed by atoms with Gasteiger partial charge in [-0.25, -0.2) is 13.1 Å². The lowest BCUT2D eigenvalue weighted by Gasteiger charge is -2.03. The third-order valence-corrected chi connectivity index (χ3v) is 3.07. The molecule has 0 fully saturated rings. The molecule has 0 atom stereocenters. The number of rotatable bonds is 6. The predicted molar refractivity (Wildman–Crippen MR) is 56.6 cm³/mol. The minimum absolute atomic E-state index is 0.0675. The van der Waals surface area contributed by atoms with Gasteiger partial charge >= 0.3 is 0 Å². The molecule has 0 saturated carbocycles. The highest BCUT2D eigenvalue weighted by atomic mass is 32.2. The Kier molecular flexibility index (Phi) is 4.12. The molecule has 1 heterocycles. The van der Waals surface area contributed by atoms with Crippen molar-refractivity contribution in [3.8, 4) is 0 Å². The second-order valence-electron chi connectivity index (χ2n) is 2.72. The van der Waals surface area contributed by atoms with Crippen LogP contribution in [-0.4, -0.2) is 35.8 Å². The van der Waals surface area contributed by atoms with E-state index in [2.05, 4.69) is 31.6 Å². The van der Waals surface area contributed by atoms with Crippen molar-refractivity contribution in [3.63, 3.8) is 0 Å². The van der Waals surface area contributed by atoms with Gasteiger partial charge in [0.1, 0.15) is 5.75 Å². The summed E-state index contributed by atoms with van der Waals surface area (Å²) >= 11 is 4.49. The molecule has 0 radical (unpaired) electrons. The summed E-state index contributed by atoms with van der Waals surface area (Å²) in [6.45, 7) is 0.185. The molecule has 0 bridgehead atoms. The van der Waals surface area contributed by atoms with Gasteiger partial charge in [-0.1, -0.05) is 17.4 Å². The van der Waals surface area contributed by atoms with Crippen LogP contribution in [0.15, 0.2) is 10.9 Å². The second-order valence-corrected chi connectivity index (χ2v) is 5.05. The van der Waals surface area contributed by atoms with Crippen LogP contribution in [-0.2, 0) is 16.4 Å². The summed E-state index contributed by atoms with van der Waals surface area (Å²) in [5.74, 6) is 0.0854. The molecule has 7 nitrogen and oxygen atoms in total. The van der Waals surface area contributed by atoms with Gasteiger partial charge in [0.2, 0.25) is 16.4 Å². The monoisotopic (exact) mass is 250 g/mol. The highest BCUT2D eigenvalue weighted by Gasteiger charge is 2.11. The highest BCUT2D eigenvalue weighted by molar-refractivity contribution is 7.92. The van der Waals surface area contributed by atoms with Crippen molar-refractivity contribution in [1.29, 1.82) is 0 Å². The number of nitrogens with two attached hydrogens (primary N) is 1. The normalized spacial score (nSPS) is 11.5. The summed E-state index contributed by atoms with van der Waals surface area (Å²) in [6, 6.07) is 0. The maximum atomic E-state index is 11.2. The molecular weight excluding hydrogens is 240 g/mol. The Morgan fingerprint density at radius 2 is 2.40 bits per heavy atom. The number of hydrogen-bond donors (Lipinski definition) is 2. The molecule has 0 aliphatic heterocycles. The van der Waals surface area contributed by atoms with Gasteiger partial charge < -0.3 is 10.3 Å². The molecule has 3 N–H and O–H groups in total. The Hall–Kier alpha value is -1.06. The summed E-state index contributed by atoms with van der Waals surface area (Å²) in [7, 11) is -3.44. The maximum Gasteiger partial charge on any atom is 0.218 e. The van der Waals surface area contributed by atoms with Crippen LogP contribution < -0.4 is 10.5 Å². The van der Waals surface area contributed by atoms with Crippen molar-refractivity contribution in [1.82, 2.24) is 14.9 Å². The summed E-state index contributed by atoms with van der Waals surface area (Å²) in [4.78, 5) is 3.67. The van der Waals surface area contributed by atoms with E-state index in [0.717, 1.165) is 0 Å². The molecule has 84 valence electrons. The lowest BCUT2D eigenvalue weighted by atomic mass is 10.4. The van der Waals surface area contributed by atoms with Gasteiger partial charge in [0.05, 0.1) is 4.99 Å². The maximum absolute atomic E-state index is 11.2. The quantitative estimate of drug-likeness (QED) is 0.611. The van der Waals surface area contributed by atoms with Gasteiger partial charge in [-0.15, -0.1) is 0 Å². The van der Waals surface area contributed by atoms with Crippen LogP contribution in [0.2, 0.25) is 0 Å². The zero-order valence-electron chi connectivity index (χ0n) is 7.71. The molecule has 1 aromatic heterocycles. The largest absolute Gasteiger partial charge is 0.392 e. The number of sulfonamides is 1. The molecule has 1 rings (SSSR count). The molecule has 0 aliphatic rings. The minimum atomic E-state index is -3.44. The van der Waals surface area contributed by atoms with E-state index in [1.54, 1.807) is 0 Å². The average Bonchev–Trinajstić information content (AvgIpc) is 2.53. The first-order chi connectivity index (χ1) is 6.99. The van der Waals surface area contributed by atoms with E-state index >= 15 is 0 Å². The fraction of sp³-hybridized carbons (Fsp3) is 0.500. The van der Waals surface area contributed by atoms with Gasteiger partial charge in [0.25, 0.3) is 0 Å². The number of nitrogens with zero attached hydrogens (tertiary/aromatic N) is 2. The average molecular weight is 250 g/mol. The first-order valence-corrected chi connectivity index (χ1v) is 6.06. The van der Waals surface area contributed by atoms with E-state index in [9.17, 15) is 8.42 Å². The van der Waals surface area contributed by atoms with Crippen LogP contribution in [0.4, 0.5) is 0 Å². The standard InChI is InChI=1S/C6H10N4O3S2/c7-5(14)3-15(11,12)9-2-1-6-8-4-13-10-6/h4,9H,1-3H2,(H2,7,14). The van der Waals surface area contributed by atoms with Crippen molar-refractivity contribution in [2.75, 3.05) is 12.3 Å². The number of nitrogens with one attached hydrogen (secondary N) is 1. The fourth-order valence-electron chi connectivity index (χ4n) is 0.859. The van der Waals surface area contributed by atoms with Crippen molar-refractivity contribution >= 4 is 27.2 Å². The molecule has 0 aromatic carbocycles. The van der Waals surface area contributed by atoms with Crippen LogP contribution in [0.25, 0.3) is 0 Å². The van der Waals surface area contributed by atoms with E-state index < -0.39 is 10.0 Å². The first-order valence-electron chi connectivity index (χ1n) is 4.00. The smallest absolute Gasteiger partial charge is 0.218 e. The zero-order valence-corrected chi connectivity index (χ0v) is 9.34. The van der Waals surface area contributed by atoms with Gasteiger partial charge in [0, 0.05) is 13.0 Å². The first kappa shape index (κ1) is 12.0. The molecule has 0 unspecified atom stereocenters. The molecule has 0 spiro atoms. The fourth-order valence-corrected chi connectivity index (χ4v) is 2.21. The second kappa shape index (κ2) is 5.14. The molecule has 0 saturated heterocycles. The van der Waals surface area contributed by atoms with Gasteiger partial charge in [0.15, 0.2) is 5.82 Å². The zero-order chi connectivity index (χ0) is 11.3. The van der Waals surface area contributed by atoms with Crippen LogP contribution in [0.3, 0.4) is 0 Å². The minimum Gasteiger partial charge on any atom is -0.392 e. The van der Waals surface area contributed by atoms with Crippen molar-refractivity contribution in [2.24, 2.45) is 5.73 Å². The highest BCUT2D eigenvalue weighted by Crippen LogP contribution is 1.90. The van der Waals surface area contributed by atoms with Crippen molar-refractivity contribution in [3.05, 3.63) is 12.2 Å². The number of thiocarbonyl (C=S) groups is 1. The lowest BCUT2D eigenvalue weighted by molar-refractivity contribution is 0.410. The molecule has 9 heteroatoms. The molecule has 1 aromatic rings. The van der Waals surface area contributed by atoms with Crippen LogP contribution in [0.5, 0.6) is 0 Å². The Morgan fingerprint density at radius 3 is 2.93 bits per heavy atom. The van der Waals surface area contributed by atoms with Gasteiger partial charge in [-0.05, 0) is 0 Å². The molecule has 15 heavy (non-hydrogen) atoms. The lowest BCUT2D eigenvalue weighted by Crippen LogP contribution is -2.33.